The van der Waals surface area contributed by atoms with Gasteiger partial charge in [-0.05, 0) is 34.5 Å². The molecule has 0 spiro atoms. The van der Waals surface area contributed by atoms with Gasteiger partial charge < -0.3 is 10.5 Å². The Morgan fingerprint density at radius 2 is 1.89 bits per heavy atom. The van der Waals surface area contributed by atoms with Gasteiger partial charge in [0.1, 0.15) is 10.7 Å². The Balaban J connectivity index is 2.37. The van der Waals surface area contributed by atoms with Gasteiger partial charge in [-0.2, -0.15) is 0 Å². The number of nitrogens with two attached hydrogens (primary N) is 1. The summed E-state index contributed by atoms with van der Waals surface area (Å²) in [6.07, 6.45) is 7.52. The van der Waals surface area contributed by atoms with Crippen LogP contribution in [0.15, 0.2) is 22.7 Å². The zero-order chi connectivity index (χ0) is 14.1. The number of hydrogen-bond donors (Lipinski definition) is 1. The summed E-state index contributed by atoms with van der Waals surface area (Å²) in [5.41, 5.74) is 6.52. The number of halogens is 1. The summed E-state index contributed by atoms with van der Waals surface area (Å²) >= 11 is 8.51. The van der Waals surface area contributed by atoms with Crippen molar-refractivity contribution in [2.24, 2.45) is 5.73 Å². The standard InChI is InChI=1S/C15H22BrNOS/c1-2-3-4-5-6-7-11-18-13-10-8-9-12(16)14(13)15(17)19/h8-10H,2-7,11H2,1H3,(H2,17,19). The van der Waals surface area contributed by atoms with Gasteiger partial charge in [-0.15, -0.1) is 0 Å². The Labute approximate surface area is 129 Å². The number of ether oxygens (including phenoxy) is 1. The normalized spacial score (nSPS) is 10.4. The Morgan fingerprint density at radius 1 is 1.21 bits per heavy atom. The highest BCUT2D eigenvalue weighted by Gasteiger charge is 2.10. The average molecular weight is 344 g/mol. The minimum Gasteiger partial charge on any atom is -0.493 e. The molecule has 0 fully saturated rings. The highest BCUT2D eigenvalue weighted by atomic mass is 79.9. The van der Waals surface area contributed by atoms with Crippen LogP contribution in [0.3, 0.4) is 0 Å². The third kappa shape index (κ3) is 5.91. The molecule has 0 radical (unpaired) electrons. The lowest BCUT2D eigenvalue weighted by molar-refractivity contribution is 0.303. The van der Waals surface area contributed by atoms with Crippen LogP contribution in [0.5, 0.6) is 5.75 Å². The van der Waals surface area contributed by atoms with E-state index in [0.717, 1.165) is 28.8 Å². The van der Waals surface area contributed by atoms with E-state index in [1.807, 2.05) is 18.2 Å². The van der Waals surface area contributed by atoms with Gasteiger partial charge in [-0.25, -0.2) is 0 Å². The molecule has 2 N–H and O–H groups in total. The van der Waals surface area contributed by atoms with E-state index in [0.29, 0.717) is 4.99 Å². The summed E-state index contributed by atoms with van der Waals surface area (Å²) in [5.74, 6) is 0.774. The summed E-state index contributed by atoms with van der Waals surface area (Å²) in [4.78, 5) is 0.366. The summed E-state index contributed by atoms with van der Waals surface area (Å²) in [6, 6.07) is 5.77. The molecule has 0 saturated heterocycles. The van der Waals surface area contributed by atoms with Gasteiger partial charge in [0.05, 0.1) is 12.2 Å². The highest BCUT2D eigenvalue weighted by molar-refractivity contribution is 9.10. The van der Waals surface area contributed by atoms with Crippen molar-refractivity contribution in [2.45, 2.75) is 45.4 Å². The molecule has 2 nitrogen and oxygen atoms in total. The lowest BCUT2D eigenvalue weighted by atomic mass is 10.1. The monoisotopic (exact) mass is 343 g/mol. The van der Waals surface area contributed by atoms with Crippen LogP contribution in [0.25, 0.3) is 0 Å². The van der Waals surface area contributed by atoms with Crippen LogP contribution in [0.2, 0.25) is 0 Å². The molecule has 0 aliphatic carbocycles. The summed E-state index contributed by atoms with van der Waals surface area (Å²) in [7, 11) is 0. The van der Waals surface area contributed by atoms with Crippen molar-refractivity contribution in [3.8, 4) is 5.75 Å². The molecule has 1 aromatic carbocycles. The van der Waals surface area contributed by atoms with Crippen molar-refractivity contribution in [3.63, 3.8) is 0 Å². The number of rotatable bonds is 9. The third-order valence-electron chi connectivity index (χ3n) is 2.98. The SMILES string of the molecule is CCCCCCCCOc1cccc(Br)c1C(N)=S. The van der Waals surface area contributed by atoms with E-state index < -0.39 is 0 Å². The maximum Gasteiger partial charge on any atom is 0.130 e. The second-order valence-corrected chi connectivity index (χ2v) is 5.89. The largest absolute Gasteiger partial charge is 0.493 e. The average Bonchev–Trinajstić information content (AvgIpc) is 2.37. The second kappa shape index (κ2) is 9.32. The predicted octanol–water partition coefficient (Wildman–Crippen LogP) is 4.82. The second-order valence-electron chi connectivity index (χ2n) is 4.59. The first-order chi connectivity index (χ1) is 9.16. The molecule has 0 heterocycles. The lowest BCUT2D eigenvalue weighted by Crippen LogP contribution is -2.13. The van der Waals surface area contributed by atoms with Gasteiger partial charge in [0.2, 0.25) is 0 Å². The van der Waals surface area contributed by atoms with Crippen LogP contribution in [0.4, 0.5) is 0 Å². The molecule has 106 valence electrons. The van der Waals surface area contributed by atoms with Gasteiger partial charge in [0.15, 0.2) is 0 Å². The number of benzene rings is 1. The predicted molar refractivity (Wildman–Crippen MR) is 88.9 cm³/mol. The first-order valence-corrected chi connectivity index (χ1v) is 8.08. The molecule has 1 rings (SSSR count). The molecule has 0 atom stereocenters. The maximum atomic E-state index is 5.79. The molecular weight excluding hydrogens is 322 g/mol. The number of hydrogen-bond acceptors (Lipinski definition) is 2. The van der Waals surface area contributed by atoms with Gasteiger partial charge >= 0.3 is 0 Å². The van der Waals surface area contributed by atoms with E-state index in [4.69, 9.17) is 22.7 Å². The Hall–Kier alpha value is -0.610. The lowest BCUT2D eigenvalue weighted by Gasteiger charge is -2.12. The zero-order valence-corrected chi connectivity index (χ0v) is 13.9. The van der Waals surface area contributed by atoms with E-state index in [-0.39, 0.29) is 0 Å². The molecule has 4 heteroatoms. The summed E-state index contributed by atoms with van der Waals surface area (Å²) in [5, 5.41) is 0. The van der Waals surface area contributed by atoms with E-state index in [2.05, 4.69) is 22.9 Å². The van der Waals surface area contributed by atoms with Crippen molar-refractivity contribution < 1.29 is 4.74 Å². The Kier molecular flexibility index (Phi) is 8.07. The van der Waals surface area contributed by atoms with Crippen molar-refractivity contribution in [1.29, 1.82) is 0 Å². The molecule has 0 aliphatic rings. The zero-order valence-electron chi connectivity index (χ0n) is 11.5. The van der Waals surface area contributed by atoms with Gasteiger partial charge in [0, 0.05) is 4.47 Å². The van der Waals surface area contributed by atoms with Crippen molar-refractivity contribution in [3.05, 3.63) is 28.2 Å². The highest BCUT2D eigenvalue weighted by Crippen LogP contribution is 2.26. The first-order valence-electron chi connectivity index (χ1n) is 6.88. The quantitative estimate of drug-likeness (QED) is 0.515. The summed E-state index contributed by atoms with van der Waals surface area (Å²) < 4.78 is 6.68. The van der Waals surface area contributed by atoms with E-state index in [9.17, 15) is 0 Å². The fourth-order valence-corrected chi connectivity index (χ4v) is 2.83. The van der Waals surface area contributed by atoms with Crippen LogP contribution in [0, 0.1) is 0 Å². The smallest absolute Gasteiger partial charge is 0.130 e. The third-order valence-corrected chi connectivity index (χ3v) is 3.84. The Bertz CT molecular complexity index is 409. The molecule has 0 saturated carbocycles. The van der Waals surface area contributed by atoms with E-state index in [1.165, 1.54) is 32.1 Å². The molecular formula is C15H22BrNOS. The first kappa shape index (κ1) is 16.4. The molecule has 0 bridgehead atoms. The maximum absolute atomic E-state index is 5.79. The number of thiocarbonyl (C=S) groups is 1. The molecule has 0 aromatic heterocycles. The fraction of sp³-hybridized carbons (Fsp3) is 0.533. The molecule has 1 aromatic rings. The van der Waals surface area contributed by atoms with Crippen LogP contribution >= 0.6 is 28.1 Å². The molecule has 0 unspecified atom stereocenters. The molecule has 19 heavy (non-hydrogen) atoms. The van der Waals surface area contributed by atoms with Crippen LogP contribution < -0.4 is 10.5 Å². The molecule has 0 aliphatic heterocycles. The van der Waals surface area contributed by atoms with Crippen LogP contribution in [-0.2, 0) is 0 Å². The van der Waals surface area contributed by atoms with Crippen molar-refractivity contribution in [2.75, 3.05) is 6.61 Å². The minimum atomic E-state index is 0.366. The topological polar surface area (TPSA) is 35.2 Å². The Morgan fingerprint density at radius 3 is 2.58 bits per heavy atom. The van der Waals surface area contributed by atoms with Crippen molar-refractivity contribution >= 4 is 33.1 Å². The number of unbranched alkanes of at least 4 members (excludes halogenated alkanes) is 5. The fourth-order valence-electron chi connectivity index (χ4n) is 1.93. The van der Waals surface area contributed by atoms with Gasteiger partial charge in [0.25, 0.3) is 0 Å². The van der Waals surface area contributed by atoms with Crippen LogP contribution in [0.1, 0.15) is 51.0 Å². The van der Waals surface area contributed by atoms with Crippen molar-refractivity contribution in [1.82, 2.24) is 0 Å². The van der Waals surface area contributed by atoms with E-state index in [1.54, 1.807) is 0 Å². The molecule has 0 amide bonds. The minimum absolute atomic E-state index is 0.366. The van der Waals surface area contributed by atoms with Gasteiger partial charge in [-0.3, -0.25) is 0 Å². The summed E-state index contributed by atoms with van der Waals surface area (Å²) in [6.45, 7) is 2.95. The van der Waals surface area contributed by atoms with Crippen LogP contribution in [-0.4, -0.2) is 11.6 Å². The van der Waals surface area contributed by atoms with Gasteiger partial charge in [-0.1, -0.05) is 57.3 Å². The van der Waals surface area contributed by atoms with E-state index >= 15 is 0 Å².